The summed E-state index contributed by atoms with van der Waals surface area (Å²) < 4.78 is 0. The van der Waals surface area contributed by atoms with Crippen LogP contribution in [0.2, 0.25) is 0 Å². The predicted octanol–water partition coefficient (Wildman–Crippen LogP) is 3.01. The lowest BCUT2D eigenvalue weighted by Gasteiger charge is -2.20. The second kappa shape index (κ2) is 4.99. The number of aliphatic hydroxyl groups is 1. The molecule has 0 spiro atoms. The largest absolute Gasteiger partial charge is 0.397 e. The molecule has 3 N–H and O–H groups in total. The molecular formula is C16H24N2O2S. The number of carbonyl (C=O) groups excluding carboxylic acids is 1. The molecule has 4 nitrogen and oxygen atoms in total. The summed E-state index contributed by atoms with van der Waals surface area (Å²) in [6, 6.07) is 0. The van der Waals surface area contributed by atoms with Gasteiger partial charge in [-0.15, -0.1) is 11.3 Å². The Hall–Kier alpha value is -1.07. The molecule has 1 aromatic rings. The first-order valence-electron chi connectivity index (χ1n) is 7.74. The summed E-state index contributed by atoms with van der Waals surface area (Å²) in [7, 11) is 0. The maximum atomic E-state index is 12.4. The molecule has 116 valence electrons. The molecule has 0 amide bonds. The average Bonchev–Trinajstić information content (AvgIpc) is 3.08. The van der Waals surface area contributed by atoms with Crippen LogP contribution in [0.4, 0.5) is 10.7 Å². The molecule has 3 rings (SSSR count). The maximum absolute atomic E-state index is 12.4. The zero-order chi connectivity index (χ0) is 15.4. The molecule has 0 bridgehead atoms. The fraction of sp³-hybridized carbons (Fsp3) is 0.688. The fourth-order valence-electron chi connectivity index (χ4n) is 3.01. The molecular weight excluding hydrogens is 284 g/mol. The van der Waals surface area contributed by atoms with Gasteiger partial charge >= 0.3 is 0 Å². The quantitative estimate of drug-likeness (QED) is 0.839. The van der Waals surface area contributed by atoms with E-state index in [1.165, 1.54) is 16.9 Å². The number of nitrogens with two attached hydrogens (primary N) is 1. The van der Waals surface area contributed by atoms with Crippen LogP contribution in [0.25, 0.3) is 0 Å². The molecule has 1 unspecified atom stereocenters. The second-order valence-corrected chi connectivity index (χ2v) is 8.02. The third-order valence-electron chi connectivity index (χ3n) is 4.44. The maximum Gasteiger partial charge on any atom is 0.177 e. The van der Waals surface area contributed by atoms with Crippen molar-refractivity contribution in [2.75, 3.05) is 23.7 Å². The molecule has 2 heterocycles. The Morgan fingerprint density at radius 1 is 1.48 bits per heavy atom. The number of Topliss-reactive ketones (excluding diaryl/α,β-unsaturated/α-hetero) is 1. The first kappa shape index (κ1) is 14.9. The number of nitrogen functional groups attached to an aromatic ring is 1. The summed E-state index contributed by atoms with van der Waals surface area (Å²) >= 11 is 1.53. The van der Waals surface area contributed by atoms with E-state index in [1.54, 1.807) is 0 Å². The highest BCUT2D eigenvalue weighted by Crippen LogP contribution is 2.53. The van der Waals surface area contributed by atoms with Crippen molar-refractivity contribution in [3.8, 4) is 0 Å². The van der Waals surface area contributed by atoms with Gasteiger partial charge in [-0.25, -0.2) is 0 Å². The third-order valence-corrected chi connectivity index (χ3v) is 5.73. The van der Waals surface area contributed by atoms with Gasteiger partial charge in [0, 0.05) is 24.6 Å². The van der Waals surface area contributed by atoms with Gasteiger partial charge in [-0.3, -0.25) is 4.79 Å². The Balaban J connectivity index is 2.00. The number of rotatable bonds is 4. The zero-order valence-corrected chi connectivity index (χ0v) is 13.8. The van der Waals surface area contributed by atoms with E-state index >= 15 is 0 Å². The molecule has 5 heteroatoms. The van der Waals surface area contributed by atoms with Crippen LogP contribution in [0.5, 0.6) is 0 Å². The van der Waals surface area contributed by atoms with Crippen LogP contribution >= 0.6 is 11.3 Å². The van der Waals surface area contributed by atoms with E-state index in [4.69, 9.17) is 5.73 Å². The number of carbonyl (C=O) groups is 1. The van der Waals surface area contributed by atoms with Crippen molar-refractivity contribution in [2.45, 2.75) is 51.6 Å². The Morgan fingerprint density at radius 3 is 2.62 bits per heavy atom. The highest BCUT2D eigenvalue weighted by Gasteiger charge is 2.39. The Morgan fingerprint density at radius 2 is 2.14 bits per heavy atom. The van der Waals surface area contributed by atoms with E-state index in [1.807, 2.05) is 20.8 Å². The van der Waals surface area contributed by atoms with Crippen molar-refractivity contribution >= 4 is 27.8 Å². The van der Waals surface area contributed by atoms with Gasteiger partial charge in [-0.1, -0.05) is 13.8 Å². The minimum absolute atomic E-state index is 0.0347. The first-order valence-corrected chi connectivity index (χ1v) is 8.55. The van der Waals surface area contributed by atoms with E-state index < -0.39 is 5.60 Å². The fourth-order valence-corrected chi connectivity index (χ4v) is 4.43. The number of hydrogen-bond donors (Lipinski definition) is 2. The molecule has 2 aliphatic rings. The number of nitrogens with zero attached hydrogens (tertiary/aromatic N) is 1. The summed E-state index contributed by atoms with van der Waals surface area (Å²) in [4.78, 5) is 15.3. The lowest BCUT2D eigenvalue weighted by molar-refractivity contribution is 0.0839. The number of thiophene rings is 1. The van der Waals surface area contributed by atoms with E-state index in [2.05, 4.69) is 4.90 Å². The normalized spacial score (nSPS) is 25.9. The van der Waals surface area contributed by atoms with Gasteiger partial charge < -0.3 is 15.7 Å². The highest BCUT2D eigenvalue weighted by atomic mass is 32.1. The van der Waals surface area contributed by atoms with Crippen molar-refractivity contribution in [1.82, 2.24) is 0 Å². The van der Waals surface area contributed by atoms with Gasteiger partial charge in [-0.05, 0) is 32.1 Å². The molecule has 0 radical (unpaired) electrons. The van der Waals surface area contributed by atoms with Crippen molar-refractivity contribution < 1.29 is 9.90 Å². The van der Waals surface area contributed by atoms with Gasteiger partial charge in [0.25, 0.3) is 0 Å². The third kappa shape index (κ3) is 2.69. The molecule has 21 heavy (non-hydrogen) atoms. The standard InChI is InChI=1S/C16H24N2O2S/c1-9(2)13(19)14-12(17)11(10-4-5-10)15(21-14)18-7-6-16(3,20)8-18/h9-10,20H,4-8,17H2,1-3H3. The van der Waals surface area contributed by atoms with Gasteiger partial charge in [0.2, 0.25) is 0 Å². The van der Waals surface area contributed by atoms with Crippen LogP contribution in [-0.4, -0.2) is 29.6 Å². The van der Waals surface area contributed by atoms with E-state index in [9.17, 15) is 9.90 Å². The van der Waals surface area contributed by atoms with Crippen molar-refractivity contribution in [2.24, 2.45) is 5.92 Å². The van der Waals surface area contributed by atoms with Gasteiger partial charge in [0.15, 0.2) is 5.78 Å². The average molecular weight is 308 g/mol. The summed E-state index contributed by atoms with van der Waals surface area (Å²) in [5, 5.41) is 11.3. The molecule has 1 saturated carbocycles. The topological polar surface area (TPSA) is 66.6 Å². The van der Waals surface area contributed by atoms with Gasteiger partial charge in [-0.2, -0.15) is 0 Å². The Kier molecular flexibility index (Phi) is 3.53. The van der Waals surface area contributed by atoms with Crippen LogP contribution < -0.4 is 10.6 Å². The molecule has 1 aliphatic carbocycles. The minimum Gasteiger partial charge on any atom is -0.397 e. The van der Waals surface area contributed by atoms with Crippen LogP contribution in [0.1, 0.15) is 61.2 Å². The van der Waals surface area contributed by atoms with Crippen LogP contribution in [-0.2, 0) is 0 Å². The SMILES string of the molecule is CC(C)C(=O)c1sc(N2CCC(C)(O)C2)c(C2CC2)c1N. The zero-order valence-electron chi connectivity index (χ0n) is 13.0. The van der Waals surface area contributed by atoms with Gasteiger partial charge in [0.1, 0.15) is 0 Å². The summed E-state index contributed by atoms with van der Waals surface area (Å²) in [5.74, 6) is 0.611. The number of ketones is 1. The molecule has 1 saturated heterocycles. The van der Waals surface area contributed by atoms with Crippen LogP contribution in [0.15, 0.2) is 0 Å². The lowest BCUT2D eigenvalue weighted by Crippen LogP contribution is -2.29. The summed E-state index contributed by atoms with van der Waals surface area (Å²) in [5.41, 5.74) is 7.55. The number of β-amino-alcohol motifs (C(OH)–C–C–N with tert-alkyl or cyclic N) is 1. The van der Waals surface area contributed by atoms with E-state index in [-0.39, 0.29) is 11.7 Å². The smallest absolute Gasteiger partial charge is 0.177 e. The van der Waals surface area contributed by atoms with E-state index in [0.717, 1.165) is 30.8 Å². The number of anilines is 2. The Bertz CT molecular complexity index is 573. The molecule has 0 aromatic carbocycles. The molecule has 1 aliphatic heterocycles. The highest BCUT2D eigenvalue weighted by molar-refractivity contribution is 7.19. The molecule has 1 aromatic heterocycles. The van der Waals surface area contributed by atoms with Crippen molar-refractivity contribution in [1.29, 1.82) is 0 Å². The lowest BCUT2D eigenvalue weighted by atomic mass is 10.0. The predicted molar refractivity (Wildman–Crippen MR) is 87.3 cm³/mol. The number of hydrogen-bond acceptors (Lipinski definition) is 5. The summed E-state index contributed by atoms with van der Waals surface area (Å²) in [6.07, 6.45) is 3.09. The van der Waals surface area contributed by atoms with Crippen LogP contribution in [0, 0.1) is 5.92 Å². The van der Waals surface area contributed by atoms with Crippen molar-refractivity contribution in [3.63, 3.8) is 0 Å². The minimum atomic E-state index is -0.637. The summed E-state index contributed by atoms with van der Waals surface area (Å²) in [6.45, 7) is 7.17. The van der Waals surface area contributed by atoms with Gasteiger partial charge in [0.05, 0.1) is 21.2 Å². The Labute approximate surface area is 129 Å². The molecule has 2 fully saturated rings. The first-order chi connectivity index (χ1) is 9.80. The van der Waals surface area contributed by atoms with E-state index in [0.29, 0.717) is 23.0 Å². The second-order valence-electron chi connectivity index (χ2n) is 7.03. The van der Waals surface area contributed by atoms with Crippen molar-refractivity contribution in [3.05, 3.63) is 10.4 Å². The van der Waals surface area contributed by atoms with Crippen LogP contribution in [0.3, 0.4) is 0 Å². The monoisotopic (exact) mass is 308 g/mol. The molecule has 1 atom stereocenters.